The number of fused-ring (bicyclic) bond motifs is 3. The number of hydrogen-bond donors (Lipinski definition) is 1. The predicted molar refractivity (Wildman–Crippen MR) is 98.1 cm³/mol. The number of nitrogens with one attached hydrogen (secondary N) is 1. The van der Waals surface area contributed by atoms with Gasteiger partial charge in [-0.15, -0.1) is 0 Å². The van der Waals surface area contributed by atoms with Gasteiger partial charge in [-0.05, 0) is 50.4 Å². The van der Waals surface area contributed by atoms with Crippen LogP contribution in [0.5, 0.6) is 0 Å². The molecule has 0 aromatic heterocycles. The lowest BCUT2D eigenvalue weighted by molar-refractivity contribution is -0.123. The van der Waals surface area contributed by atoms with Crippen molar-refractivity contribution in [3.63, 3.8) is 0 Å². The third kappa shape index (κ3) is 3.33. The molecule has 1 N–H and O–H groups in total. The molecular weight excluding hydrogens is 346 g/mol. The van der Waals surface area contributed by atoms with Crippen LogP contribution < -0.4 is 5.32 Å². The smallest absolute Gasteiger partial charge is 0.410 e. The molecule has 0 radical (unpaired) electrons. The Bertz CT molecular complexity index is 584. The Labute approximate surface area is 160 Å². The number of hydrogen-bond acceptors (Lipinski definition) is 5. The summed E-state index contributed by atoms with van der Waals surface area (Å²) in [5.41, 5.74) is 0. The van der Waals surface area contributed by atoms with Crippen LogP contribution in [0.4, 0.5) is 4.79 Å². The standard InChI is InChI=1S/C20H31N3O4/c1-2-27-20(25)23-14-5-13(6-15(23)11-26-10-14)22-8-16-17(9-22)18(16)19(24)21-7-12-3-4-12/h12-18H,2-11H2,1H3,(H,21,24). The van der Waals surface area contributed by atoms with E-state index in [1.807, 2.05) is 11.8 Å². The van der Waals surface area contributed by atoms with Gasteiger partial charge in [0.25, 0.3) is 0 Å². The summed E-state index contributed by atoms with van der Waals surface area (Å²) in [6.45, 7) is 6.45. The second-order valence-electron chi connectivity index (χ2n) is 9.07. The summed E-state index contributed by atoms with van der Waals surface area (Å²) in [4.78, 5) is 29.2. The maximum absolute atomic E-state index is 12.4. The predicted octanol–water partition coefficient (Wildman–Crippen LogP) is 1.08. The van der Waals surface area contributed by atoms with Crippen molar-refractivity contribution < 1.29 is 19.1 Å². The van der Waals surface area contributed by atoms with Crippen LogP contribution in [0.3, 0.4) is 0 Å². The molecule has 3 saturated heterocycles. The van der Waals surface area contributed by atoms with Crippen LogP contribution in [-0.4, -0.2) is 79.4 Å². The highest BCUT2D eigenvalue weighted by Gasteiger charge is 2.60. The normalized spacial score (nSPS) is 40.4. The van der Waals surface area contributed by atoms with Crippen molar-refractivity contribution in [1.29, 1.82) is 0 Å². The zero-order valence-electron chi connectivity index (χ0n) is 16.1. The summed E-state index contributed by atoms with van der Waals surface area (Å²) < 4.78 is 11.0. The summed E-state index contributed by atoms with van der Waals surface area (Å²) >= 11 is 0. The molecule has 4 atom stereocenters. The Hall–Kier alpha value is -1.34. The molecule has 2 aliphatic carbocycles. The van der Waals surface area contributed by atoms with E-state index in [4.69, 9.17) is 9.47 Å². The molecule has 150 valence electrons. The van der Waals surface area contributed by atoms with E-state index < -0.39 is 0 Å². The fourth-order valence-electron chi connectivity index (χ4n) is 5.61. The monoisotopic (exact) mass is 377 g/mol. The van der Waals surface area contributed by atoms with Crippen molar-refractivity contribution >= 4 is 12.0 Å². The summed E-state index contributed by atoms with van der Waals surface area (Å²) in [5, 5.41) is 3.16. The molecular formula is C20H31N3O4. The summed E-state index contributed by atoms with van der Waals surface area (Å²) in [6.07, 6.45) is 4.27. The summed E-state index contributed by atoms with van der Waals surface area (Å²) in [5.74, 6) is 2.38. The van der Waals surface area contributed by atoms with Gasteiger partial charge < -0.3 is 14.8 Å². The molecule has 3 heterocycles. The molecule has 7 heteroatoms. The number of amides is 2. The second kappa shape index (κ2) is 6.92. The van der Waals surface area contributed by atoms with Crippen molar-refractivity contribution in [2.75, 3.05) is 39.5 Å². The number of nitrogens with zero attached hydrogens (tertiary/aromatic N) is 2. The second-order valence-corrected chi connectivity index (χ2v) is 9.07. The first kappa shape index (κ1) is 17.7. The van der Waals surface area contributed by atoms with Gasteiger partial charge in [0, 0.05) is 31.6 Å². The van der Waals surface area contributed by atoms with Crippen LogP contribution in [0.15, 0.2) is 0 Å². The Kier molecular flexibility index (Phi) is 4.55. The van der Waals surface area contributed by atoms with E-state index in [2.05, 4.69) is 10.2 Å². The third-order valence-corrected chi connectivity index (χ3v) is 7.28. The van der Waals surface area contributed by atoms with Crippen LogP contribution in [0.1, 0.15) is 32.6 Å². The first-order valence-corrected chi connectivity index (χ1v) is 10.7. The van der Waals surface area contributed by atoms with E-state index >= 15 is 0 Å². The molecule has 0 aromatic rings. The molecule has 2 amide bonds. The number of piperidine rings is 2. The number of morpholine rings is 1. The van der Waals surface area contributed by atoms with E-state index in [0.717, 1.165) is 38.4 Å². The van der Waals surface area contributed by atoms with Crippen LogP contribution in [0.2, 0.25) is 0 Å². The van der Waals surface area contributed by atoms with Gasteiger partial charge in [-0.25, -0.2) is 4.79 Å². The minimum absolute atomic E-state index is 0.121. The fourth-order valence-corrected chi connectivity index (χ4v) is 5.61. The van der Waals surface area contributed by atoms with E-state index in [1.54, 1.807) is 0 Å². The maximum Gasteiger partial charge on any atom is 0.410 e. The molecule has 2 bridgehead atoms. The third-order valence-electron chi connectivity index (χ3n) is 7.28. The Morgan fingerprint density at radius 3 is 2.33 bits per heavy atom. The minimum atomic E-state index is -0.189. The van der Waals surface area contributed by atoms with E-state index in [1.165, 1.54) is 12.8 Å². The molecule has 4 unspecified atom stereocenters. The van der Waals surface area contributed by atoms with Crippen molar-refractivity contribution in [2.45, 2.75) is 50.7 Å². The van der Waals surface area contributed by atoms with Crippen LogP contribution in [0, 0.1) is 23.7 Å². The summed E-state index contributed by atoms with van der Waals surface area (Å²) in [6, 6.07) is 0.741. The van der Waals surface area contributed by atoms with Gasteiger partial charge in [0.2, 0.25) is 5.91 Å². The van der Waals surface area contributed by atoms with E-state index in [0.29, 0.717) is 43.6 Å². The van der Waals surface area contributed by atoms with Crippen LogP contribution in [0.25, 0.3) is 0 Å². The van der Waals surface area contributed by atoms with Gasteiger partial charge in [0.05, 0.1) is 31.9 Å². The summed E-state index contributed by atoms with van der Waals surface area (Å²) in [7, 11) is 0. The lowest BCUT2D eigenvalue weighted by Crippen LogP contribution is -2.62. The first-order chi connectivity index (χ1) is 13.2. The van der Waals surface area contributed by atoms with Gasteiger partial charge >= 0.3 is 6.09 Å². The van der Waals surface area contributed by atoms with Gasteiger partial charge in [-0.3, -0.25) is 14.6 Å². The van der Waals surface area contributed by atoms with E-state index in [-0.39, 0.29) is 24.1 Å². The average molecular weight is 377 g/mol. The molecule has 0 aromatic carbocycles. The van der Waals surface area contributed by atoms with Gasteiger partial charge in [-0.1, -0.05) is 0 Å². The number of ether oxygens (including phenoxy) is 2. The molecule has 2 saturated carbocycles. The molecule has 5 aliphatic rings. The topological polar surface area (TPSA) is 71.1 Å². The van der Waals surface area contributed by atoms with Crippen molar-refractivity contribution in [1.82, 2.24) is 15.1 Å². The largest absolute Gasteiger partial charge is 0.450 e. The highest BCUT2D eigenvalue weighted by Crippen LogP contribution is 2.53. The lowest BCUT2D eigenvalue weighted by Gasteiger charge is -2.49. The highest BCUT2D eigenvalue weighted by atomic mass is 16.6. The Morgan fingerprint density at radius 1 is 1.07 bits per heavy atom. The van der Waals surface area contributed by atoms with Gasteiger partial charge in [0.15, 0.2) is 0 Å². The van der Waals surface area contributed by atoms with Crippen molar-refractivity contribution in [3.8, 4) is 0 Å². The zero-order chi connectivity index (χ0) is 18.5. The minimum Gasteiger partial charge on any atom is -0.450 e. The molecule has 3 aliphatic heterocycles. The zero-order valence-corrected chi connectivity index (χ0v) is 16.1. The highest BCUT2D eigenvalue weighted by molar-refractivity contribution is 5.82. The SMILES string of the molecule is CCOC(=O)N1C2COCC1CC(N1CC3C(C1)C3C(=O)NCC1CC1)C2. The van der Waals surface area contributed by atoms with Crippen molar-refractivity contribution in [2.24, 2.45) is 23.7 Å². The quantitative estimate of drug-likeness (QED) is 0.776. The molecule has 27 heavy (non-hydrogen) atoms. The first-order valence-electron chi connectivity index (χ1n) is 10.7. The molecule has 5 rings (SSSR count). The molecule has 7 nitrogen and oxygen atoms in total. The number of carbonyl (C=O) groups is 2. The number of rotatable bonds is 5. The fraction of sp³-hybridized carbons (Fsp3) is 0.900. The van der Waals surface area contributed by atoms with Crippen LogP contribution in [-0.2, 0) is 14.3 Å². The van der Waals surface area contributed by atoms with Gasteiger partial charge in [-0.2, -0.15) is 0 Å². The van der Waals surface area contributed by atoms with Crippen LogP contribution >= 0.6 is 0 Å². The number of carbonyl (C=O) groups excluding carboxylic acids is 2. The Morgan fingerprint density at radius 2 is 1.74 bits per heavy atom. The van der Waals surface area contributed by atoms with Crippen molar-refractivity contribution in [3.05, 3.63) is 0 Å². The molecule has 5 fully saturated rings. The number of likely N-dealkylation sites (tertiary alicyclic amines) is 1. The van der Waals surface area contributed by atoms with Gasteiger partial charge in [0.1, 0.15) is 0 Å². The average Bonchev–Trinajstić information content (AvgIpc) is 3.56. The lowest BCUT2D eigenvalue weighted by atomic mass is 9.89. The maximum atomic E-state index is 12.4. The molecule has 0 spiro atoms. The van der Waals surface area contributed by atoms with E-state index in [9.17, 15) is 9.59 Å². The Balaban J connectivity index is 1.14.